The van der Waals surface area contributed by atoms with E-state index in [1.807, 2.05) is 0 Å². The molecule has 0 unspecified atom stereocenters. The van der Waals surface area contributed by atoms with Crippen molar-refractivity contribution < 1.29 is 9.60 Å². The normalized spacial score (nSPS) is 11.1. The van der Waals surface area contributed by atoms with Gasteiger partial charge in [-0.2, -0.15) is 0 Å². The van der Waals surface area contributed by atoms with Gasteiger partial charge in [-0.3, -0.25) is 4.79 Å². The fraction of sp³-hybridized carbons (Fsp3) is 0. The Kier molecular flexibility index (Phi) is 1.92. The van der Waals surface area contributed by atoms with E-state index >= 15 is 0 Å². The predicted octanol–water partition coefficient (Wildman–Crippen LogP) is 2.53. The average molecular weight is 229 g/mol. The van der Waals surface area contributed by atoms with E-state index in [1.165, 1.54) is 18.2 Å². The van der Waals surface area contributed by atoms with Gasteiger partial charge >= 0.3 is 0 Å². The molecule has 3 rings (SSSR count). The Bertz CT molecular complexity index is 792. The van der Waals surface area contributed by atoms with E-state index in [1.54, 1.807) is 24.3 Å². The van der Waals surface area contributed by atoms with Crippen LogP contribution < -0.4 is 5.56 Å². The first-order valence-corrected chi connectivity index (χ1v) is 5.11. The zero-order valence-electron chi connectivity index (χ0n) is 8.72. The minimum atomic E-state index is -0.500. The second-order valence-corrected chi connectivity index (χ2v) is 3.82. The van der Waals surface area contributed by atoms with Gasteiger partial charge in [-0.1, -0.05) is 18.2 Å². The second kappa shape index (κ2) is 3.31. The molecule has 0 aliphatic rings. The van der Waals surface area contributed by atoms with Crippen molar-refractivity contribution in [2.75, 3.05) is 0 Å². The van der Waals surface area contributed by atoms with Crippen molar-refractivity contribution in [1.29, 1.82) is 0 Å². The topological polar surface area (TPSA) is 42.2 Å². The van der Waals surface area contributed by atoms with E-state index in [0.717, 1.165) is 0 Å². The van der Waals surface area contributed by atoms with Crippen LogP contribution in [0, 0.1) is 5.82 Å². The summed E-state index contributed by atoms with van der Waals surface area (Å²) in [7, 11) is 0. The summed E-state index contributed by atoms with van der Waals surface area (Å²) in [6.45, 7) is 0. The second-order valence-electron chi connectivity index (χ2n) is 3.82. The summed E-state index contributed by atoms with van der Waals surface area (Å²) in [5.74, 6) is -0.402. The van der Waals surface area contributed by atoms with Crippen molar-refractivity contribution in [3.8, 4) is 0 Å². The molecule has 0 atom stereocenters. The van der Waals surface area contributed by atoms with Crippen molar-refractivity contribution in [2.45, 2.75) is 0 Å². The van der Waals surface area contributed by atoms with Gasteiger partial charge in [0, 0.05) is 5.39 Å². The van der Waals surface area contributed by atoms with Crippen molar-refractivity contribution in [3.05, 3.63) is 58.6 Å². The molecule has 1 heterocycles. The van der Waals surface area contributed by atoms with Crippen molar-refractivity contribution in [3.63, 3.8) is 0 Å². The highest BCUT2D eigenvalue weighted by Gasteiger charge is 2.09. The maximum atomic E-state index is 13.2. The largest absolute Gasteiger partial charge is 0.425 e. The first-order chi connectivity index (χ1) is 8.18. The number of aromatic nitrogens is 1. The van der Waals surface area contributed by atoms with Gasteiger partial charge in [-0.15, -0.1) is 4.73 Å². The lowest BCUT2D eigenvalue weighted by molar-refractivity contribution is 0.190. The van der Waals surface area contributed by atoms with Crippen LogP contribution in [0.15, 0.2) is 47.3 Å². The zero-order valence-corrected chi connectivity index (χ0v) is 8.72. The Hall–Kier alpha value is -2.36. The van der Waals surface area contributed by atoms with Crippen LogP contribution in [-0.2, 0) is 0 Å². The lowest BCUT2D eigenvalue weighted by atomic mass is 10.1. The molecular weight excluding hydrogens is 221 g/mol. The Morgan fingerprint density at radius 2 is 1.71 bits per heavy atom. The number of hydrogen-bond donors (Lipinski definition) is 1. The Morgan fingerprint density at radius 1 is 1.00 bits per heavy atom. The van der Waals surface area contributed by atoms with Crippen LogP contribution in [0.25, 0.3) is 21.7 Å². The molecule has 17 heavy (non-hydrogen) atoms. The molecule has 0 aliphatic carbocycles. The molecule has 0 fully saturated rings. The van der Waals surface area contributed by atoms with E-state index < -0.39 is 11.4 Å². The van der Waals surface area contributed by atoms with Gasteiger partial charge in [-0.25, -0.2) is 4.39 Å². The molecule has 0 saturated heterocycles. The lowest BCUT2D eigenvalue weighted by Gasteiger charge is -2.07. The van der Waals surface area contributed by atoms with Crippen LogP contribution in [0.5, 0.6) is 0 Å². The van der Waals surface area contributed by atoms with Gasteiger partial charge in [0.05, 0.1) is 10.9 Å². The van der Waals surface area contributed by atoms with Crippen LogP contribution in [0.4, 0.5) is 4.39 Å². The quantitative estimate of drug-likeness (QED) is 0.475. The number of halogens is 1. The molecule has 0 bridgehead atoms. The van der Waals surface area contributed by atoms with Crippen molar-refractivity contribution >= 4 is 21.7 Å². The summed E-state index contributed by atoms with van der Waals surface area (Å²) in [5, 5.41) is 11.3. The van der Waals surface area contributed by atoms with E-state index in [4.69, 9.17) is 0 Å². The van der Waals surface area contributed by atoms with Crippen LogP contribution in [0.2, 0.25) is 0 Å². The molecule has 3 aromatic rings. The minimum Gasteiger partial charge on any atom is -0.425 e. The van der Waals surface area contributed by atoms with Crippen LogP contribution in [-0.4, -0.2) is 9.94 Å². The third-order valence-electron chi connectivity index (χ3n) is 2.83. The van der Waals surface area contributed by atoms with Gasteiger partial charge in [0.15, 0.2) is 0 Å². The molecule has 84 valence electrons. The number of benzene rings is 2. The number of rotatable bonds is 0. The fourth-order valence-corrected chi connectivity index (χ4v) is 2.04. The molecule has 0 spiro atoms. The monoisotopic (exact) mass is 229 g/mol. The minimum absolute atomic E-state index is 0.301. The summed E-state index contributed by atoms with van der Waals surface area (Å²) < 4.78 is 13.8. The van der Waals surface area contributed by atoms with Gasteiger partial charge in [0.25, 0.3) is 5.56 Å². The smallest absolute Gasteiger partial charge is 0.291 e. The number of nitrogens with zero attached hydrogens (tertiary/aromatic N) is 1. The first-order valence-electron chi connectivity index (χ1n) is 5.11. The zero-order chi connectivity index (χ0) is 12.0. The maximum Gasteiger partial charge on any atom is 0.291 e. The third-order valence-corrected chi connectivity index (χ3v) is 2.83. The molecule has 0 saturated carbocycles. The molecule has 1 aromatic heterocycles. The molecule has 4 heteroatoms. The van der Waals surface area contributed by atoms with E-state index in [9.17, 15) is 14.4 Å². The highest BCUT2D eigenvalue weighted by Crippen LogP contribution is 2.22. The number of pyridine rings is 1. The molecule has 0 amide bonds. The van der Waals surface area contributed by atoms with Crippen molar-refractivity contribution in [2.24, 2.45) is 0 Å². The summed E-state index contributed by atoms with van der Waals surface area (Å²) in [4.78, 5) is 11.8. The third kappa shape index (κ3) is 1.30. The Labute approximate surface area is 95.3 Å². The summed E-state index contributed by atoms with van der Waals surface area (Å²) in [5.41, 5.74) is -0.199. The molecule has 0 aliphatic heterocycles. The number of fused-ring (bicyclic) bond motifs is 3. The Morgan fingerprint density at radius 3 is 2.47 bits per heavy atom. The maximum absolute atomic E-state index is 13.2. The highest BCUT2D eigenvalue weighted by molar-refractivity contribution is 6.05. The van der Waals surface area contributed by atoms with Crippen LogP contribution >= 0.6 is 0 Å². The standard InChI is InChI=1S/C13H8FNO2/c14-8-5-6-12-11(7-8)9-3-1-2-4-10(9)13(16)15(12)17/h1-7,17H. The predicted molar refractivity (Wildman–Crippen MR) is 62.9 cm³/mol. The van der Waals surface area contributed by atoms with Gasteiger partial charge in [-0.05, 0) is 29.7 Å². The van der Waals surface area contributed by atoms with E-state index in [-0.39, 0.29) is 0 Å². The first kappa shape index (κ1) is 9.84. The molecule has 2 aromatic carbocycles. The van der Waals surface area contributed by atoms with Gasteiger partial charge < -0.3 is 5.21 Å². The SMILES string of the molecule is O=c1c2ccccc2c2cc(F)ccc2n1O. The molecule has 1 N–H and O–H groups in total. The fourth-order valence-electron chi connectivity index (χ4n) is 2.04. The lowest BCUT2D eigenvalue weighted by Crippen LogP contribution is -2.18. The average Bonchev–Trinajstić information content (AvgIpc) is 2.36. The van der Waals surface area contributed by atoms with Crippen LogP contribution in [0.3, 0.4) is 0 Å². The van der Waals surface area contributed by atoms with Gasteiger partial charge in [0.2, 0.25) is 0 Å². The summed E-state index contributed by atoms with van der Waals surface area (Å²) in [6, 6.07) is 10.7. The van der Waals surface area contributed by atoms with E-state index in [2.05, 4.69) is 0 Å². The molecular formula is C13H8FNO2. The Balaban J connectivity index is 2.71. The summed E-state index contributed by atoms with van der Waals surface area (Å²) in [6.07, 6.45) is 0. The van der Waals surface area contributed by atoms with Crippen molar-refractivity contribution in [1.82, 2.24) is 4.73 Å². The number of hydrogen-bond acceptors (Lipinski definition) is 2. The van der Waals surface area contributed by atoms with E-state index in [0.29, 0.717) is 26.4 Å². The summed E-state index contributed by atoms with van der Waals surface area (Å²) >= 11 is 0. The molecule has 0 radical (unpaired) electrons. The van der Waals surface area contributed by atoms with Crippen LogP contribution in [0.1, 0.15) is 0 Å². The molecule has 3 nitrogen and oxygen atoms in total. The highest BCUT2D eigenvalue weighted by atomic mass is 19.1. The van der Waals surface area contributed by atoms with Gasteiger partial charge in [0.1, 0.15) is 5.82 Å².